The number of nitrogens with one attached hydrogen (secondary N) is 1. The van der Waals surface area contributed by atoms with Crippen molar-refractivity contribution >= 4 is 29.4 Å². The number of nitro groups is 1. The third-order valence-electron chi connectivity index (χ3n) is 3.00. The van der Waals surface area contributed by atoms with Gasteiger partial charge in [-0.2, -0.15) is 5.10 Å². The number of nitrogens with zero attached hydrogens (tertiary/aromatic N) is 2. The maximum atomic E-state index is 11.9. The Morgan fingerprint density at radius 2 is 2.04 bits per heavy atom. The fourth-order valence-electron chi connectivity index (χ4n) is 1.80. The van der Waals surface area contributed by atoms with Crippen LogP contribution in [0.3, 0.4) is 0 Å². The van der Waals surface area contributed by atoms with Crippen LogP contribution in [-0.2, 0) is 0 Å². The zero-order chi connectivity index (χ0) is 17.7. The molecule has 24 heavy (non-hydrogen) atoms. The molecule has 2 rings (SSSR count). The monoisotopic (exact) mass is 349 g/mol. The van der Waals surface area contributed by atoms with Gasteiger partial charge in [-0.3, -0.25) is 14.9 Å². The molecule has 8 nitrogen and oxygen atoms in total. The molecule has 9 heteroatoms. The Balaban J connectivity index is 2.19. The van der Waals surface area contributed by atoms with E-state index in [2.05, 4.69) is 10.5 Å². The highest BCUT2D eigenvalue weighted by Gasteiger charge is 2.15. The lowest BCUT2D eigenvalue weighted by Crippen LogP contribution is -2.17. The minimum Gasteiger partial charge on any atom is -0.504 e. The van der Waals surface area contributed by atoms with Crippen LogP contribution in [0.15, 0.2) is 41.5 Å². The van der Waals surface area contributed by atoms with Crippen LogP contribution in [0.4, 0.5) is 5.69 Å². The summed E-state index contributed by atoms with van der Waals surface area (Å²) in [5.41, 5.74) is 2.32. The lowest BCUT2D eigenvalue weighted by Gasteiger charge is -2.06. The molecule has 0 aliphatic heterocycles. The highest BCUT2D eigenvalue weighted by atomic mass is 35.5. The number of hydrogen-bond acceptors (Lipinski definition) is 6. The van der Waals surface area contributed by atoms with Crippen LogP contribution in [0.1, 0.15) is 15.9 Å². The number of non-ortho nitro benzene ring substituents is 1. The fourth-order valence-corrected chi connectivity index (χ4v) is 1.93. The van der Waals surface area contributed by atoms with E-state index in [1.807, 2.05) is 0 Å². The summed E-state index contributed by atoms with van der Waals surface area (Å²) < 4.78 is 4.87. The molecule has 2 N–H and O–H groups in total. The molecule has 0 bridgehead atoms. The highest BCUT2D eigenvalue weighted by molar-refractivity contribution is 6.30. The number of amides is 1. The largest absolute Gasteiger partial charge is 0.504 e. The van der Waals surface area contributed by atoms with Gasteiger partial charge in [-0.1, -0.05) is 11.6 Å². The molecule has 0 saturated heterocycles. The summed E-state index contributed by atoms with van der Waals surface area (Å²) in [6.45, 7) is 0. The predicted molar refractivity (Wildman–Crippen MR) is 87.8 cm³/mol. The van der Waals surface area contributed by atoms with Crippen molar-refractivity contribution < 1.29 is 19.6 Å². The summed E-state index contributed by atoms with van der Waals surface area (Å²) in [6, 6.07) is 8.33. The molecule has 0 heterocycles. The molecule has 0 spiro atoms. The number of rotatable bonds is 5. The zero-order valence-electron chi connectivity index (χ0n) is 12.4. The molecule has 1 amide bonds. The van der Waals surface area contributed by atoms with E-state index in [4.69, 9.17) is 16.3 Å². The Bertz CT molecular complexity index is 806. The van der Waals surface area contributed by atoms with E-state index in [1.165, 1.54) is 19.2 Å². The number of aromatic hydroxyl groups is 1. The molecule has 0 radical (unpaired) electrons. The van der Waals surface area contributed by atoms with Crippen LogP contribution < -0.4 is 10.2 Å². The van der Waals surface area contributed by atoms with Crippen LogP contribution in [0.5, 0.6) is 11.5 Å². The fraction of sp³-hybridized carbons (Fsp3) is 0.0667. The molecular weight excluding hydrogens is 338 g/mol. The Labute approximate surface area is 141 Å². The van der Waals surface area contributed by atoms with Crippen molar-refractivity contribution in [2.24, 2.45) is 5.10 Å². The smallest absolute Gasteiger partial charge is 0.274 e. The number of halogens is 1. The first-order chi connectivity index (χ1) is 11.4. The third-order valence-corrected chi connectivity index (χ3v) is 3.25. The molecule has 0 aliphatic carbocycles. The predicted octanol–water partition coefficient (Wildman–Crippen LogP) is 2.73. The number of methoxy groups -OCH3 is 1. The van der Waals surface area contributed by atoms with Gasteiger partial charge in [0.1, 0.15) is 0 Å². The van der Waals surface area contributed by atoms with Crippen LogP contribution in [-0.4, -0.2) is 29.3 Å². The maximum absolute atomic E-state index is 11.9. The van der Waals surface area contributed by atoms with Gasteiger partial charge in [0, 0.05) is 22.2 Å². The molecule has 0 atom stereocenters. The zero-order valence-corrected chi connectivity index (χ0v) is 13.1. The van der Waals surface area contributed by atoms with Crippen molar-refractivity contribution in [2.75, 3.05) is 7.11 Å². The standard InChI is InChI=1S/C15H12ClN3O5/c1-24-13-7-12(19(22)23)6-10(14(13)20)8-17-18-15(21)9-2-4-11(16)5-3-9/h2-8,20H,1H3,(H,18,21)/b17-8-. The van der Waals surface area contributed by atoms with Crippen LogP contribution >= 0.6 is 11.6 Å². The molecule has 2 aromatic carbocycles. The molecule has 2 aromatic rings. The van der Waals surface area contributed by atoms with E-state index in [0.717, 1.165) is 18.3 Å². The van der Waals surface area contributed by atoms with Crippen molar-refractivity contribution in [3.05, 3.63) is 62.7 Å². The van der Waals surface area contributed by atoms with Gasteiger partial charge in [0.2, 0.25) is 0 Å². The number of hydrogen-bond donors (Lipinski definition) is 2. The Kier molecular flexibility index (Phi) is 5.33. The van der Waals surface area contributed by atoms with Gasteiger partial charge in [-0.05, 0) is 24.3 Å². The summed E-state index contributed by atoms with van der Waals surface area (Å²) in [5.74, 6) is -0.901. The van der Waals surface area contributed by atoms with Crippen molar-refractivity contribution in [2.45, 2.75) is 0 Å². The molecular formula is C15H12ClN3O5. The molecule has 0 aliphatic rings. The number of carbonyl (C=O) groups is 1. The van der Waals surface area contributed by atoms with Crippen molar-refractivity contribution in [1.82, 2.24) is 5.43 Å². The van der Waals surface area contributed by atoms with Gasteiger partial charge in [-0.15, -0.1) is 0 Å². The second-order valence-electron chi connectivity index (χ2n) is 4.55. The Morgan fingerprint density at radius 3 is 2.62 bits per heavy atom. The van der Waals surface area contributed by atoms with Crippen molar-refractivity contribution in [3.8, 4) is 11.5 Å². The number of hydrazone groups is 1. The van der Waals surface area contributed by atoms with Gasteiger partial charge < -0.3 is 9.84 Å². The normalized spacial score (nSPS) is 10.6. The highest BCUT2D eigenvalue weighted by Crippen LogP contribution is 2.33. The lowest BCUT2D eigenvalue weighted by molar-refractivity contribution is -0.385. The average molecular weight is 350 g/mol. The quantitative estimate of drug-likeness (QED) is 0.489. The number of phenolic OH excluding ortho intramolecular Hbond substituents is 1. The first-order valence-electron chi connectivity index (χ1n) is 6.56. The third kappa shape index (κ3) is 3.99. The molecule has 0 unspecified atom stereocenters. The van der Waals surface area contributed by atoms with Gasteiger partial charge in [0.25, 0.3) is 11.6 Å². The number of ether oxygens (including phenoxy) is 1. The van der Waals surface area contributed by atoms with E-state index in [0.29, 0.717) is 10.6 Å². The number of nitro benzene ring substituents is 1. The minimum absolute atomic E-state index is 0.0254. The molecule has 0 saturated carbocycles. The first-order valence-corrected chi connectivity index (χ1v) is 6.94. The second kappa shape index (κ2) is 7.42. The van der Waals surface area contributed by atoms with Crippen LogP contribution in [0, 0.1) is 10.1 Å². The van der Waals surface area contributed by atoms with Crippen LogP contribution in [0.2, 0.25) is 5.02 Å². The van der Waals surface area contributed by atoms with Gasteiger partial charge in [0.15, 0.2) is 11.5 Å². The van der Waals surface area contributed by atoms with E-state index in [9.17, 15) is 20.0 Å². The number of carbonyl (C=O) groups excluding carboxylic acids is 1. The average Bonchev–Trinajstić information content (AvgIpc) is 2.56. The summed E-state index contributed by atoms with van der Waals surface area (Å²) in [7, 11) is 1.27. The molecule has 0 fully saturated rings. The first kappa shape index (κ1) is 17.2. The van der Waals surface area contributed by atoms with Crippen molar-refractivity contribution in [3.63, 3.8) is 0 Å². The van der Waals surface area contributed by atoms with E-state index < -0.39 is 10.8 Å². The van der Waals surface area contributed by atoms with E-state index >= 15 is 0 Å². The van der Waals surface area contributed by atoms with Gasteiger partial charge >= 0.3 is 0 Å². The number of benzene rings is 2. The van der Waals surface area contributed by atoms with E-state index in [1.54, 1.807) is 12.1 Å². The number of phenols is 1. The van der Waals surface area contributed by atoms with Crippen LogP contribution in [0.25, 0.3) is 0 Å². The lowest BCUT2D eigenvalue weighted by atomic mass is 10.2. The summed E-state index contributed by atoms with van der Waals surface area (Å²) in [5, 5.41) is 25.0. The summed E-state index contributed by atoms with van der Waals surface area (Å²) in [6.07, 6.45) is 1.08. The topological polar surface area (TPSA) is 114 Å². The van der Waals surface area contributed by atoms with Crippen molar-refractivity contribution in [1.29, 1.82) is 0 Å². The van der Waals surface area contributed by atoms with Gasteiger partial charge in [0.05, 0.1) is 24.3 Å². The maximum Gasteiger partial charge on any atom is 0.274 e. The Hall–Kier alpha value is -3.13. The second-order valence-corrected chi connectivity index (χ2v) is 4.99. The minimum atomic E-state index is -0.633. The van der Waals surface area contributed by atoms with E-state index in [-0.39, 0.29) is 22.7 Å². The SMILES string of the molecule is COc1cc([N+](=O)[O-])cc(/C=N\NC(=O)c2ccc(Cl)cc2)c1O. The summed E-state index contributed by atoms with van der Waals surface area (Å²) >= 11 is 5.73. The molecule has 124 valence electrons. The van der Waals surface area contributed by atoms with Gasteiger partial charge in [-0.25, -0.2) is 5.43 Å². The summed E-state index contributed by atoms with van der Waals surface area (Å²) in [4.78, 5) is 22.1. The molecule has 0 aromatic heterocycles. The Morgan fingerprint density at radius 1 is 1.38 bits per heavy atom.